The second-order valence-electron chi connectivity index (χ2n) is 12.3. The molecule has 272 valence electrons. The lowest BCUT2D eigenvalue weighted by Gasteiger charge is -2.23. The topological polar surface area (TPSA) is 146 Å². The van der Waals surface area contributed by atoms with Crippen molar-refractivity contribution in [2.45, 2.75) is 50.4 Å². The molecule has 4 aromatic rings. The second kappa shape index (κ2) is 15.4. The van der Waals surface area contributed by atoms with Gasteiger partial charge in [0.25, 0.3) is 0 Å². The summed E-state index contributed by atoms with van der Waals surface area (Å²) >= 11 is 0. The number of carbonyl (C=O) groups is 2. The van der Waals surface area contributed by atoms with E-state index >= 15 is 0 Å². The third-order valence-corrected chi connectivity index (χ3v) is 8.05. The highest BCUT2D eigenvalue weighted by Gasteiger charge is 2.64. The Hall–Kier alpha value is -5.15. The molecule has 51 heavy (non-hydrogen) atoms. The molecule has 0 radical (unpaired) electrons. The molecule has 4 rings (SSSR count). The van der Waals surface area contributed by atoms with Crippen LogP contribution >= 0.6 is 0 Å². The van der Waals surface area contributed by atoms with Crippen LogP contribution in [0.15, 0.2) is 91.0 Å². The van der Waals surface area contributed by atoms with Crippen LogP contribution < -0.4 is 9.47 Å². The van der Waals surface area contributed by atoms with E-state index in [-0.39, 0.29) is 11.5 Å². The third kappa shape index (κ3) is 10.4. The number of carbonyl (C=O) groups excluding carboxylic acids is 2. The van der Waals surface area contributed by atoms with E-state index in [4.69, 9.17) is 23.5 Å². The molecule has 2 N–H and O–H groups in total. The number of phenolic OH excluding ortho intramolecular Hbond substituents is 1. The summed E-state index contributed by atoms with van der Waals surface area (Å²) in [6, 6.07) is 26.0. The van der Waals surface area contributed by atoms with Crippen LogP contribution in [0.3, 0.4) is 0 Å². The van der Waals surface area contributed by atoms with Gasteiger partial charge in [0.15, 0.2) is 6.61 Å². The molecule has 0 unspecified atom stereocenters. The van der Waals surface area contributed by atoms with Crippen molar-refractivity contribution in [3.63, 3.8) is 0 Å². The molecule has 0 aliphatic carbocycles. The molecule has 0 bridgehead atoms. The summed E-state index contributed by atoms with van der Waals surface area (Å²) in [5.74, 6) is -5.41. The van der Waals surface area contributed by atoms with Crippen molar-refractivity contribution in [1.82, 2.24) is 0 Å². The minimum atomic E-state index is -6.35. The summed E-state index contributed by atoms with van der Waals surface area (Å²) < 4.78 is 104. The Balaban J connectivity index is 1.44. The first-order valence-electron chi connectivity index (χ1n) is 15.3. The minimum absolute atomic E-state index is 0.108. The standard InChI is InChI=1S/C36H34F4O10S/c1-34(2,3)50-33(43)49-31-15-9-25(10-16-31)28-20-26(23-5-11-29(41)12-6-23)19-27(21-28)24-7-13-30(14-8-24)48-22-32(42)47-18-4-17-35(37,38)36(39,40)51(44,45)46/h5-16,19-21,41H,4,17-18,22H2,1-3H3,(H,44,45,46). The first-order chi connectivity index (χ1) is 23.7. The molecule has 0 heterocycles. The third-order valence-electron chi connectivity index (χ3n) is 7.10. The van der Waals surface area contributed by atoms with Gasteiger partial charge in [0, 0.05) is 6.42 Å². The Bertz CT molecular complexity index is 1940. The Morgan fingerprint density at radius 3 is 1.61 bits per heavy atom. The summed E-state index contributed by atoms with van der Waals surface area (Å²) in [5.41, 5.74) is 4.14. The molecule has 10 nitrogen and oxygen atoms in total. The van der Waals surface area contributed by atoms with E-state index in [2.05, 4.69) is 0 Å². The summed E-state index contributed by atoms with van der Waals surface area (Å²) in [6.45, 7) is 3.82. The fraction of sp³-hybridized carbons (Fsp3) is 0.278. The number of aromatic hydroxyl groups is 1. The van der Waals surface area contributed by atoms with E-state index in [1.165, 1.54) is 0 Å². The maximum atomic E-state index is 13.6. The molecule has 0 saturated heterocycles. The first kappa shape index (κ1) is 38.6. The minimum Gasteiger partial charge on any atom is -0.508 e. The Morgan fingerprint density at radius 1 is 0.706 bits per heavy atom. The number of hydrogen-bond acceptors (Lipinski definition) is 9. The number of rotatable bonds is 13. The van der Waals surface area contributed by atoms with Gasteiger partial charge in [-0.15, -0.1) is 0 Å². The fourth-order valence-corrected chi connectivity index (χ4v) is 5.09. The van der Waals surface area contributed by atoms with Crippen molar-refractivity contribution < 1.29 is 64.2 Å². The maximum Gasteiger partial charge on any atom is 0.514 e. The zero-order valence-corrected chi connectivity index (χ0v) is 28.4. The fourth-order valence-electron chi connectivity index (χ4n) is 4.61. The lowest BCUT2D eigenvalue weighted by Crippen LogP contribution is -2.46. The summed E-state index contributed by atoms with van der Waals surface area (Å²) in [4.78, 5) is 24.1. The highest BCUT2D eigenvalue weighted by atomic mass is 32.2. The van der Waals surface area contributed by atoms with Gasteiger partial charge in [-0.1, -0.05) is 36.4 Å². The first-order valence-corrected chi connectivity index (χ1v) is 16.8. The van der Waals surface area contributed by atoms with Gasteiger partial charge in [-0.3, -0.25) is 4.55 Å². The number of benzene rings is 4. The molecule has 4 aromatic carbocycles. The Labute approximate surface area is 291 Å². The highest BCUT2D eigenvalue weighted by molar-refractivity contribution is 7.87. The van der Waals surface area contributed by atoms with E-state index in [1.54, 1.807) is 93.6 Å². The van der Waals surface area contributed by atoms with Crippen LogP contribution in [-0.4, -0.2) is 60.2 Å². The van der Waals surface area contributed by atoms with E-state index in [0.29, 0.717) is 5.75 Å². The molecular formula is C36H34F4O10S. The van der Waals surface area contributed by atoms with Gasteiger partial charge in [-0.2, -0.15) is 26.0 Å². The van der Waals surface area contributed by atoms with Gasteiger partial charge in [-0.25, -0.2) is 9.59 Å². The molecule has 0 aromatic heterocycles. The number of alkyl halides is 4. The van der Waals surface area contributed by atoms with Crippen molar-refractivity contribution in [2.75, 3.05) is 13.2 Å². The zero-order valence-electron chi connectivity index (χ0n) is 27.6. The monoisotopic (exact) mass is 734 g/mol. The van der Waals surface area contributed by atoms with Gasteiger partial charge in [0.05, 0.1) is 6.61 Å². The van der Waals surface area contributed by atoms with Gasteiger partial charge < -0.3 is 24.1 Å². The van der Waals surface area contributed by atoms with Crippen molar-refractivity contribution >= 4 is 22.2 Å². The number of ether oxygens (including phenoxy) is 4. The predicted molar refractivity (Wildman–Crippen MR) is 178 cm³/mol. The molecular weight excluding hydrogens is 700 g/mol. The van der Waals surface area contributed by atoms with Crippen LogP contribution in [0.1, 0.15) is 33.6 Å². The molecule has 15 heteroatoms. The molecule has 0 spiro atoms. The Morgan fingerprint density at radius 2 is 1.16 bits per heavy atom. The van der Waals surface area contributed by atoms with E-state index in [1.807, 2.05) is 18.2 Å². The average molecular weight is 735 g/mol. The summed E-state index contributed by atoms with van der Waals surface area (Å²) in [5, 5.41) is 4.10. The second-order valence-corrected chi connectivity index (χ2v) is 13.7. The van der Waals surface area contributed by atoms with Crippen LogP contribution in [0.5, 0.6) is 17.2 Å². The molecule has 0 saturated carbocycles. The highest BCUT2D eigenvalue weighted by Crippen LogP contribution is 2.41. The summed E-state index contributed by atoms with van der Waals surface area (Å²) in [6.07, 6.45) is -3.31. The van der Waals surface area contributed by atoms with Crippen LogP contribution in [0.2, 0.25) is 0 Å². The predicted octanol–water partition coefficient (Wildman–Crippen LogP) is 8.53. The average Bonchev–Trinajstić information content (AvgIpc) is 3.05. The van der Waals surface area contributed by atoms with Crippen LogP contribution in [-0.2, 0) is 24.4 Å². The summed E-state index contributed by atoms with van der Waals surface area (Å²) in [7, 11) is -6.35. The van der Waals surface area contributed by atoms with Crippen molar-refractivity contribution in [3.8, 4) is 50.6 Å². The molecule has 0 fully saturated rings. The lowest BCUT2D eigenvalue weighted by atomic mass is 9.93. The van der Waals surface area contributed by atoms with E-state index < -0.39 is 65.1 Å². The lowest BCUT2D eigenvalue weighted by molar-refractivity contribution is -0.167. The number of phenols is 1. The van der Waals surface area contributed by atoms with Crippen molar-refractivity contribution in [2.24, 2.45) is 0 Å². The van der Waals surface area contributed by atoms with Gasteiger partial charge >= 0.3 is 33.4 Å². The normalized spacial score (nSPS) is 12.2. The van der Waals surface area contributed by atoms with Gasteiger partial charge in [0.1, 0.15) is 22.8 Å². The molecule has 0 aliphatic rings. The van der Waals surface area contributed by atoms with Crippen LogP contribution in [0, 0.1) is 0 Å². The van der Waals surface area contributed by atoms with Gasteiger partial charge in [-0.05, 0) is 115 Å². The number of hydrogen-bond donors (Lipinski definition) is 2. The smallest absolute Gasteiger partial charge is 0.508 e. The SMILES string of the molecule is CC(C)(C)OC(=O)Oc1ccc(-c2cc(-c3ccc(O)cc3)cc(-c3ccc(OCC(=O)OCCCC(F)(F)C(F)(F)S(=O)(=O)O)cc3)c2)cc1. The molecule has 0 amide bonds. The molecule has 0 aliphatic heterocycles. The maximum absolute atomic E-state index is 13.6. The Kier molecular flexibility index (Phi) is 11.7. The van der Waals surface area contributed by atoms with Gasteiger partial charge in [0.2, 0.25) is 0 Å². The van der Waals surface area contributed by atoms with Crippen molar-refractivity contribution in [1.29, 1.82) is 0 Å². The van der Waals surface area contributed by atoms with Crippen LogP contribution in [0.25, 0.3) is 33.4 Å². The largest absolute Gasteiger partial charge is 0.514 e. The zero-order chi connectivity index (χ0) is 37.6. The molecule has 0 atom stereocenters. The van der Waals surface area contributed by atoms with Crippen LogP contribution in [0.4, 0.5) is 22.4 Å². The number of halogens is 4. The van der Waals surface area contributed by atoms with Crippen molar-refractivity contribution in [3.05, 3.63) is 91.0 Å². The quantitative estimate of drug-likeness (QED) is 0.0451. The number of esters is 1. The van der Waals surface area contributed by atoms with E-state index in [9.17, 15) is 40.7 Å². The van der Waals surface area contributed by atoms with E-state index in [0.717, 1.165) is 33.4 Å².